The third kappa shape index (κ3) is 2.92. The van der Waals surface area contributed by atoms with Crippen LogP contribution in [0.3, 0.4) is 0 Å². The van der Waals surface area contributed by atoms with E-state index in [1.807, 2.05) is 48.5 Å². The van der Waals surface area contributed by atoms with Gasteiger partial charge in [0.25, 0.3) is 11.5 Å². The monoisotopic (exact) mass is 428 g/mol. The number of fused-ring (bicyclic) bond motifs is 2. The van der Waals surface area contributed by atoms with Gasteiger partial charge in [0.15, 0.2) is 0 Å². The molecule has 3 N–H and O–H groups in total. The van der Waals surface area contributed by atoms with Crippen molar-refractivity contribution in [3.05, 3.63) is 70.3 Å². The van der Waals surface area contributed by atoms with E-state index in [2.05, 4.69) is 20.5 Å². The summed E-state index contributed by atoms with van der Waals surface area (Å²) in [5, 5.41) is 12.8. The Balaban J connectivity index is 1.11. The van der Waals surface area contributed by atoms with Crippen molar-refractivity contribution in [2.45, 2.75) is 37.6 Å². The number of nitrogens with one attached hydrogen (secondary N) is 3. The van der Waals surface area contributed by atoms with Gasteiger partial charge >= 0.3 is 0 Å². The molecule has 7 heteroatoms. The van der Waals surface area contributed by atoms with Crippen LogP contribution in [0.15, 0.2) is 53.3 Å². The number of benzene rings is 2. The first kappa shape index (κ1) is 19.1. The highest BCUT2D eigenvalue weighted by Crippen LogP contribution is 2.62. The van der Waals surface area contributed by atoms with Crippen LogP contribution in [0.5, 0.6) is 5.75 Å². The van der Waals surface area contributed by atoms with Crippen molar-refractivity contribution in [2.24, 2.45) is 5.41 Å². The molecule has 2 saturated carbocycles. The SMILES string of the molecule is COc1cccc2cc(C(=O)N[C@H]3CC4(C3)C[C@H](c3n[nH]c(=O)c5ccccc53)C4)[nH]c12. The smallest absolute Gasteiger partial charge is 0.272 e. The fourth-order valence-electron chi connectivity index (χ4n) is 5.73. The number of rotatable bonds is 4. The molecule has 2 aromatic carbocycles. The number of ether oxygens (including phenoxy) is 1. The summed E-state index contributed by atoms with van der Waals surface area (Å²) in [5.74, 6) is 1.01. The summed E-state index contributed by atoms with van der Waals surface area (Å²) in [4.78, 5) is 28.0. The topological polar surface area (TPSA) is 99.9 Å². The van der Waals surface area contributed by atoms with Gasteiger partial charge in [-0.15, -0.1) is 0 Å². The lowest BCUT2D eigenvalue weighted by molar-refractivity contribution is -0.0197. The highest BCUT2D eigenvalue weighted by atomic mass is 16.5. The minimum absolute atomic E-state index is 0.0766. The van der Waals surface area contributed by atoms with Gasteiger partial charge in [-0.25, -0.2) is 5.10 Å². The van der Waals surface area contributed by atoms with E-state index in [1.54, 1.807) is 7.11 Å². The molecule has 0 saturated heterocycles. The van der Waals surface area contributed by atoms with Crippen LogP contribution in [0.4, 0.5) is 0 Å². The lowest BCUT2D eigenvalue weighted by Gasteiger charge is -2.57. The van der Waals surface area contributed by atoms with E-state index >= 15 is 0 Å². The molecule has 4 aromatic rings. The standard InChI is InChI=1S/C25H24N4O3/c1-32-20-8-4-5-14-9-19(27-22(14)20)24(31)26-16-12-25(13-16)10-15(11-25)21-17-6-2-3-7-18(17)23(30)29-28-21/h2-9,15-16,27H,10-13H2,1H3,(H,26,31)(H,29,30)/t15-,16-,25?. The summed E-state index contributed by atoms with van der Waals surface area (Å²) in [6.45, 7) is 0. The molecule has 2 aliphatic rings. The molecule has 2 fully saturated rings. The summed E-state index contributed by atoms with van der Waals surface area (Å²) in [5.41, 5.74) is 2.53. The molecule has 7 nitrogen and oxygen atoms in total. The first-order valence-corrected chi connectivity index (χ1v) is 11.0. The number of nitrogens with zero attached hydrogens (tertiary/aromatic N) is 1. The maximum absolute atomic E-state index is 12.8. The summed E-state index contributed by atoms with van der Waals surface area (Å²) in [7, 11) is 1.63. The van der Waals surface area contributed by atoms with Crippen LogP contribution in [0.2, 0.25) is 0 Å². The van der Waals surface area contributed by atoms with Gasteiger partial charge in [0.05, 0.1) is 23.7 Å². The van der Waals surface area contributed by atoms with Gasteiger partial charge in [0, 0.05) is 22.7 Å². The van der Waals surface area contributed by atoms with Crippen molar-refractivity contribution in [3.63, 3.8) is 0 Å². The van der Waals surface area contributed by atoms with Crippen molar-refractivity contribution in [3.8, 4) is 5.75 Å². The van der Waals surface area contributed by atoms with Gasteiger partial charge in [0.1, 0.15) is 11.4 Å². The van der Waals surface area contributed by atoms with E-state index in [4.69, 9.17) is 4.74 Å². The molecule has 0 bridgehead atoms. The van der Waals surface area contributed by atoms with Crippen molar-refractivity contribution in [1.29, 1.82) is 0 Å². The second-order valence-electron chi connectivity index (χ2n) is 9.27. The van der Waals surface area contributed by atoms with E-state index in [9.17, 15) is 9.59 Å². The number of hydrogen-bond acceptors (Lipinski definition) is 4. The van der Waals surface area contributed by atoms with E-state index in [-0.39, 0.29) is 22.9 Å². The van der Waals surface area contributed by atoms with Crippen LogP contribution in [0.25, 0.3) is 21.7 Å². The number of H-pyrrole nitrogens is 2. The van der Waals surface area contributed by atoms with Crippen LogP contribution in [0, 0.1) is 5.41 Å². The number of aromatic amines is 2. The summed E-state index contributed by atoms with van der Waals surface area (Å²) in [6, 6.07) is 15.5. The van der Waals surface area contributed by atoms with Crippen LogP contribution in [-0.4, -0.2) is 34.2 Å². The molecule has 6 rings (SSSR count). The quantitative estimate of drug-likeness (QED) is 0.459. The molecule has 32 heavy (non-hydrogen) atoms. The number of hydrogen-bond donors (Lipinski definition) is 3. The number of aromatic nitrogens is 3. The summed E-state index contributed by atoms with van der Waals surface area (Å²) >= 11 is 0. The van der Waals surface area contributed by atoms with Crippen LogP contribution >= 0.6 is 0 Å². The number of carbonyl (C=O) groups excluding carboxylic acids is 1. The zero-order valence-electron chi connectivity index (χ0n) is 17.8. The molecule has 2 aliphatic carbocycles. The van der Waals surface area contributed by atoms with Gasteiger partial charge in [-0.1, -0.05) is 30.3 Å². The molecule has 162 valence electrons. The highest BCUT2D eigenvalue weighted by Gasteiger charge is 2.54. The molecule has 1 amide bonds. The van der Waals surface area contributed by atoms with Gasteiger partial charge in [-0.3, -0.25) is 9.59 Å². The minimum Gasteiger partial charge on any atom is -0.495 e. The molecule has 2 aromatic heterocycles. The maximum Gasteiger partial charge on any atom is 0.272 e. The maximum atomic E-state index is 12.8. The molecule has 0 aliphatic heterocycles. The Morgan fingerprint density at radius 1 is 1.09 bits per heavy atom. The van der Waals surface area contributed by atoms with Crippen LogP contribution in [-0.2, 0) is 0 Å². The Hall–Kier alpha value is -3.61. The zero-order chi connectivity index (χ0) is 21.9. The molecule has 0 atom stereocenters. The predicted octanol–water partition coefficient (Wildman–Crippen LogP) is 3.87. The predicted molar refractivity (Wildman–Crippen MR) is 122 cm³/mol. The van der Waals surface area contributed by atoms with Gasteiger partial charge in [-0.05, 0) is 49.3 Å². The van der Waals surface area contributed by atoms with Gasteiger partial charge < -0.3 is 15.0 Å². The molecule has 1 spiro atoms. The van der Waals surface area contributed by atoms with E-state index in [0.29, 0.717) is 17.0 Å². The summed E-state index contributed by atoms with van der Waals surface area (Å²) in [6.07, 6.45) is 4.07. The number of para-hydroxylation sites is 1. The molecule has 0 unspecified atom stereocenters. The fourth-order valence-corrected chi connectivity index (χ4v) is 5.73. The Labute approximate surface area is 184 Å². The lowest BCUT2D eigenvalue weighted by Crippen LogP contribution is -2.55. The van der Waals surface area contributed by atoms with E-state index in [1.165, 1.54) is 0 Å². The van der Waals surface area contributed by atoms with Gasteiger partial charge in [0.2, 0.25) is 0 Å². The fraction of sp³-hybridized carbons (Fsp3) is 0.320. The van der Waals surface area contributed by atoms with Gasteiger partial charge in [-0.2, -0.15) is 5.10 Å². The number of amides is 1. The Bertz CT molecular complexity index is 1410. The van der Waals surface area contributed by atoms with Crippen LogP contribution < -0.4 is 15.6 Å². The van der Waals surface area contributed by atoms with Crippen molar-refractivity contribution < 1.29 is 9.53 Å². The van der Waals surface area contributed by atoms with Crippen molar-refractivity contribution >= 4 is 27.6 Å². The number of methoxy groups -OCH3 is 1. The van der Waals surface area contributed by atoms with Crippen molar-refractivity contribution in [1.82, 2.24) is 20.5 Å². The van der Waals surface area contributed by atoms with E-state index in [0.717, 1.165) is 53.4 Å². The normalized spacial score (nSPS) is 24.3. The lowest BCUT2D eigenvalue weighted by atomic mass is 9.49. The average Bonchev–Trinajstić information content (AvgIpc) is 3.20. The van der Waals surface area contributed by atoms with E-state index < -0.39 is 0 Å². The largest absolute Gasteiger partial charge is 0.495 e. The Morgan fingerprint density at radius 2 is 1.88 bits per heavy atom. The molecular weight excluding hydrogens is 404 g/mol. The van der Waals surface area contributed by atoms with Crippen molar-refractivity contribution in [2.75, 3.05) is 7.11 Å². The molecule has 2 heterocycles. The molecule has 0 radical (unpaired) electrons. The first-order chi connectivity index (χ1) is 15.5. The Morgan fingerprint density at radius 3 is 2.66 bits per heavy atom. The Kier molecular flexibility index (Phi) is 4.15. The highest BCUT2D eigenvalue weighted by molar-refractivity contribution is 5.99. The minimum atomic E-state index is -0.139. The second-order valence-corrected chi connectivity index (χ2v) is 9.27. The third-order valence-electron chi connectivity index (χ3n) is 7.25. The zero-order valence-corrected chi connectivity index (χ0v) is 17.8. The third-order valence-corrected chi connectivity index (χ3v) is 7.25. The van der Waals surface area contributed by atoms with Crippen LogP contribution in [0.1, 0.15) is 47.8 Å². The summed E-state index contributed by atoms with van der Waals surface area (Å²) < 4.78 is 5.38. The first-order valence-electron chi connectivity index (χ1n) is 11.0. The molecular formula is C25H24N4O3. The second kappa shape index (κ2) is 6.95. The number of carbonyl (C=O) groups is 1. The average molecular weight is 428 g/mol.